The molecule has 0 saturated carbocycles. The fourth-order valence-corrected chi connectivity index (χ4v) is 3.46. The van der Waals surface area contributed by atoms with Gasteiger partial charge in [-0.05, 0) is 43.2 Å². The third-order valence-electron chi connectivity index (χ3n) is 5.09. The largest absolute Gasteiger partial charge is 0.477 e. The Labute approximate surface area is 178 Å². The van der Waals surface area contributed by atoms with E-state index in [4.69, 9.17) is 9.15 Å². The number of hydrogen-bond acceptors (Lipinski definition) is 6. The SMILES string of the molecule is Cc1ccc(C2=NN(C(=O)COc3cc(C)ccc3[N+](=O)[O-])C(c3ccco3)C2)cc1. The van der Waals surface area contributed by atoms with Gasteiger partial charge in [0.25, 0.3) is 5.91 Å². The van der Waals surface area contributed by atoms with Crippen molar-refractivity contribution < 1.29 is 18.9 Å². The van der Waals surface area contributed by atoms with E-state index >= 15 is 0 Å². The maximum atomic E-state index is 13.0. The van der Waals surface area contributed by atoms with E-state index in [1.165, 1.54) is 11.1 Å². The molecular weight excluding hydrogens is 398 g/mol. The van der Waals surface area contributed by atoms with Gasteiger partial charge in [-0.3, -0.25) is 14.9 Å². The number of nitro groups is 1. The second-order valence-corrected chi connectivity index (χ2v) is 7.40. The lowest BCUT2D eigenvalue weighted by Crippen LogP contribution is -2.31. The maximum Gasteiger partial charge on any atom is 0.310 e. The molecule has 1 aliphatic heterocycles. The number of hydrogen-bond donors (Lipinski definition) is 0. The van der Waals surface area contributed by atoms with Crippen LogP contribution in [0.25, 0.3) is 0 Å². The van der Waals surface area contributed by atoms with Gasteiger partial charge < -0.3 is 9.15 Å². The van der Waals surface area contributed by atoms with Crippen LogP contribution >= 0.6 is 0 Å². The fourth-order valence-electron chi connectivity index (χ4n) is 3.46. The van der Waals surface area contributed by atoms with E-state index in [0.29, 0.717) is 12.2 Å². The molecule has 158 valence electrons. The van der Waals surface area contributed by atoms with Gasteiger partial charge in [0.15, 0.2) is 12.4 Å². The first-order chi connectivity index (χ1) is 14.9. The number of benzene rings is 2. The molecule has 1 aliphatic rings. The molecule has 1 unspecified atom stereocenters. The molecule has 2 heterocycles. The van der Waals surface area contributed by atoms with E-state index in [2.05, 4.69) is 5.10 Å². The van der Waals surface area contributed by atoms with E-state index in [9.17, 15) is 14.9 Å². The van der Waals surface area contributed by atoms with Crippen molar-refractivity contribution in [2.24, 2.45) is 5.10 Å². The minimum absolute atomic E-state index is 0.0508. The molecule has 0 aliphatic carbocycles. The van der Waals surface area contributed by atoms with Gasteiger partial charge in [-0.25, -0.2) is 5.01 Å². The van der Waals surface area contributed by atoms with Crippen LogP contribution in [0.3, 0.4) is 0 Å². The highest BCUT2D eigenvalue weighted by Crippen LogP contribution is 2.34. The second kappa shape index (κ2) is 8.43. The van der Waals surface area contributed by atoms with Crippen molar-refractivity contribution in [2.45, 2.75) is 26.3 Å². The van der Waals surface area contributed by atoms with Crippen LogP contribution in [-0.2, 0) is 4.79 Å². The highest BCUT2D eigenvalue weighted by Gasteiger charge is 2.35. The van der Waals surface area contributed by atoms with Gasteiger partial charge in [0.1, 0.15) is 11.8 Å². The molecule has 0 bridgehead atoms. The standard InChI is InChI=1S/C23H21N3O5/c1-15-5-8-17(9-6-15)18-13-20(21-4-3-11-30-21)25(24-18)23(27)14-31-22-12-16(2)7-10-19(22)26(28)29/h3-12,20H,13-14H2,1-2H3. The molecule has 2 aromatic carbocycles. The van der Waals surface area contributed by atoms with Crippen molar-refractivity contribution in [3.05, 3.63) is 93.4 Å². The summed E-state index contributed by atoms with van der Waals surface area (Å²) in [5.41, 5.74) is 3.42. The number of nitrogens with zero attached hydrogens (tertiary/aromatic N) is 3. The molecule has 0 N–H and O–H groups in total. The summed E-state index contributed by atoms with van der Waals surface area (Å²) in [6.45, 7) is 3.42. The normalized spacial score (nSPS) is 15.6. The molecular formula is C23H21N3O5. The van der Waals surface area contributed by atoms with Crippen LogP contribution in [0.1, 0.15) is 34.9 Å². The Hall–Kier alpha value is -3.94. The second-order valence-electron chi connectivity index (χ2n) is 7.40. The number of rotatable bonds is 6. The zero-order valence-electron chi connectivity index (χ0n) is 17.1. The quantitative estimate of drug-likeness (QED) is 0.431. The summed E-state index contributed by atoms with van der Waals surface area (Å²) in [6.07, 6.45) is 2.04. The average Bonchev–Trinajstić information content (AvgIpc) is 3.42. The molecule has 0 saturated heterocycles. The number of carbonyl (C=O) groups is 1. The molecule has 3 aromatic rings. The van der Waals surface area contributed by atoms with Gasteiger partial charge in [-0.2, -0.15) is 5.10 Å². The first-order valence-corrected chi connectivity index (χ1v) is 9.80. The van der Waals surface area contributed by atoms with Gasteiger partial charge in [0, 0.05) is 12.5 Å². The average molecular weight is 419 g/mol. The molecule has 1 atom stereocenters. The number of ether oxygens (including phenoxy) is 1. The lowest BCUT2D eigenvalue weighted by Gasteiger charge is -2.20. The number of aryl methyl sites for hydroxylation is 2. The maximum absolute atomic E-state index is 13.0. The Bertz CT molecular complexity index is 1140. The van der Waals surface area contributed by atoms with Crippen LogP contribution in [0, 0.1) is 24.0 Å². The van der Waals surface area contributed by atoms with E-state index in [-0.39, 0.29) is 18.0 Å². The summed E-state index contributed by atoms with van der Waals surface area (Å²) in [5, 5.41) is 17.1. The van der Waals surface area contributed by atoms with Crippen LogP contribution < -0.4 is 4.74 Å². The number of carbonyl (C=O) groups excluding carboxylic acids is 1. The first kappa shape index (κ1) is 20.3. The van der Waals surface area contributed by atoms with Crippen molar-refractivity contribution in [3.8, 4) is 5.75 Å². The molecule has 4 rings (SSSR count). The summed E-state index contributed by atoms with van der Waals surface area (Å²) in [5.74, 6) is 0.245. The summed E-state index contributed by atoms with van der Waals surface area (Å²) in [7, 11) is 0. The zero-order valence-corrected chi connectivity index (χ0v) is 17.1. The van der Waals surface area contributed by atoms with Crippen LogP contribution in [0.4, 0.5) is 5.69 Å². The monoisotopic (exact) mass is 419 g/mol. The highest BCUT2D eigenvalue weighted by atomic mass is 16.6. The topological polar surface area (TPSA) is 98.2 Å². The van der Waals surface area contributed by atoms with E-state index in [0.717, 1.165) is 22.4 Å². The van der Waals surface area contributed by atoms with Crippen molar-refractivity contribution in [2.75, 3.05) is 6.61 Å². The van der Waals surface area contributed by atoms with Crippen LogP contribution in [0.2, 0.25) is 0 Å². The minimum Gasteiger partial charge on any atom is -0.477 e. The third-order valence-corrected chi connectivity index (χ3v) is 5.09. The van der Waals surface area contributed by atoms with Gasteiger partial charge >= 0.3 is 5.69 Å². The summed E-state index contributed by atoms with van der Waals surface area (Å²) < 4.78 is 11.1. The Morgan fingerprint density at radius 2 is 1.94 bits per heavy atom. The number of hydrazone groups is 1. The van der Waals surface area contributed by atoms with Gasteiger partial charge in [-0.15, -0.1) is 0 Å². The Balaban J connectivity index is 1.57. The smallest absolute Gasteiger partial charge is 0.310 e. The lowest BCUT2D eigenvalue weighted by molar-refractivity contribution is -0.385. The first-order valence-electron chi connectivity index (χ1n) is 9.80. The summed E-state index contributed by atoms with van der Waals surface area (Å²) >= 11 is 0. The van der Waals surface area contributed by atoms with E-state index in [1.54, 1.807) is 37.5 Å². The molecule has 0 radical (unpaired) electrons. The van der Waals surface area contributed by atoms with Crippen molar-refractivity contribution in [1.82, 2.24) is 5.01 Å². The van der Waals surface area contributed by atoms with E-state index in [1.807, 2.05) is 31.2 Å². The third kappa shape index (κ3) is 4.32. The number of amides is 1. The van der Waals surface area contributed by atoms with Crippen LogP contribution in [0.5, 0.6) is 5.75 Å². The van der Waals surface area contributed by atoms with Gasteiger partial charge in [0.05, 0.1) is 16.9 Å². The lowest BCUT2D eigenvalue weighted by atomic mass is 10.0. The van der Waals surface area contributed by atoms with Crippen molar-refractivity contribution in [1.29, 1.82) is 0 Å². The minimum atomic E-state index is -0.533. The summed E-state index contributed by atoms with van der Waals surface area (Å²) in [4.78, 5) is 23.7. The Kier molecular flexibility index (Phi) is 5.53. The molecule has 1 aromatic heterocycles. The van der Waals surface area contributed by atoms with Gasteiger partial charge in [0.2, 0.25) is 0 Å². The van der Waals surface area contributed by atoms with Crippen LogP contribution in [0.15, 0.2) is 70.4 Å². The predicted molar refractivity (Wildman–Crippen MR) is 114 cm³/mol. The zero-order chi connectivity index (χ0) is 22.0. The molecule has 0 spiro atoms. The Morgan fingerprint density at radius 1 is 1.19 bits per heavy atom. The number of furan rings is 1. The molecule has 1 amide bonds. The predicted octanol–water partition coefficient (Wildman–Crippen LogP) is 4.56. The molecule has 8 heteroatoms. The van der Waals surface area contributed by atoms with E-state index < -0.39 is 16.9 Å². The summed E-state index contributed by atoms with van der Waals surface area (Å²) in [6, 6.07) is 15.6. The van der Waals surface area contributed by atoms with Crippen molar-refractivity contribution in [3.63, 3.8) is 0 Å². The molecule has 8 nitrogen and oxygen atoms in total. The molecule has 0 fully saturated rings. The highest BCUT2D eigenvalue weighted by molar-refractivity contribution is 6.03. The van der Waals surface area contributed by atoms with Crippen molar-refractivity contribution >= 4 is 17.3 Å². The molecule has 31 heavy (non-hydrogen) atoms. The Morgan fingerprint density at radius 3 is 2.61 bits per heavy atom. The number of nitro benzene ring substituents is 1. The van der Waals surface area contributed by atoms with Crippen LogP contribution in [-0.4, -0.2) is 28.2 Å². The fraction of sp³-hybridized carbons (Fsp3) is 0.217. The van der Waals surface area contributed by atoms with Gasteiger partial charge in [-0.1, -0.05) is 35.9 Å².